The summed E-state index contributed by atoms with van der Waals surface area (Å²) >= 11 is 0. The molecule has 1 aromatic rings. The van der Waals surface area contributed by atoms with Gasteiger partial charge in [0.05, 0.1) is 12.1 Å². The number of rotatable bonds is 2. The lowest BCUT2D eigenvalue weighted by atomic mass is 10.2. The fourth-order valence-corrected chi connectivity index (χ4v) is 3.20. The van der Waals surface area contributed by atoms with Crippen LogP contribution in [-0.4, -0.2) is 40.1 Å². The van der Waals surface area contributed by atoms with Crippen LogP contribution in [0.25, 0.3) is 0 Å². The Hall–Kier alpha value is -1.78. The third kappa shape index (κ3) is 2.01. The molecular formula is C13H20N6O. The second kappa shape index (κ2) is 4.96. The van der Waals surface area contributed by atoms with Crippen LogP contribution in [-0.2, 0) is 0 Å². The van der Waals surface area contributed by atoms with Crippen molar-refractivity contribution < 1.29 is 5.11 Å². The summed E-state index contributed by atoms with van der Waals surface area (Å²) in [6.07, 6.45) is 3.02. The smallest absolute Gasteiger partial charge is 0.170 e. The average molecular weight is 276 g/mol. The van der Waals surface area contributed by atoms with Gasteiger partial charge in [-0.15, -0.1) is 0 Å². The minimum absolute atomic E-state index is 0.116. The summed E-state index contributed by atoms with van der Waals surface area (Å²) in [6, 6.07) is 2.14. The van der Waals surface area contributed by atoms with Crippen LogP contribution in [0.1, 0.15) is 37.3 Å². The van der Waals surface area contributed by atoms with Crippen molar-refractivity contribution in [3.05, 3.63) is 5.56 Å². The lowest BCUT2D eigenvalue weighted by molar-refractivity contribution is 0.131. The van der Waals surface area contributed by atoms with Crippen LogP contribution in [0.15, 0.2) is 0 Å². The summed E-state index contributed by atoms with van der Waals surface area (Å²) in [7, 11) is 0. The first-order valence-corrected chi connectivity index (χ1v) is 7.08. The molecule has 1 aliphatic carbocycles. The van der Waals surface area contributed by atoms with Gasteiger partial charge in [-0.25, -0.2) is 4.68 Å². The highest BCUT2D eigenvalue weighted by Gasteiger charge is 2.33. The summed E-state index contributed by atoms with van der Waals surface area (Å²) in [4.78, 5) is 2.01. The van der Waals surface area contributed by atoms with Crippen LogP contribution in [0.4, 0.5) is 11.6 Å². The van der Waals surface area contributed by atoms with E-state index in [1.807, 2.05) is 4.90 Å². The lowest BCUT2D eigenvalue weighted by Crippen LogP contribution is -2.27. The van der Waals surface area contributed by atoms with Gasteiger partial charge in [-0.3, -0.25) is 0 Å². The molecule has 1 saturated heterocycles. The second-order valence-electron chi connectivity index (χ2n) is 5.70. The van der Waals surface area contributed by atoms with Gasteiger partial charge in [-0.05, 0) is 25.7 Å². The number of aliphatic hydroxyl groups is 1. The Bertz CT molecular complexity index is 548. The van der Waals surface area contributed by atoms with E-state index in [1.54, 1.807) is 4.68 Å². The molecule has 2 fully saturated rings. The first-order valence-electron chi connectivity index (χ1n) is 7.08. The van der Waals surface area contributed by atoms with Crippen LogP contribution in [0.5, 0.6) is 0 Å². The first kappa shape index (κ1) is 13.2. The van der Waals surface area contributed by atoms with Crippen molar-refractivity contribution in [2.45, 2.75) is 43.9 Å². The van der Waals surface area contributed by atoms with E-state index in [9.17, 15) is 10.4 Å². The van der Waals surface area contributed by atoms with Crippen molar-refractivity contribution >= 4 is 11.6 Å². The number of aliphatic hydroxyl groups excluding tert-OH is 1. The molecule has 5 N–H and O–H groups in total. The maximum atomic E-state index is 10.0. The van der Waals surface area contributed by atoms with Crippen molar-refractivity contribution in [1.29, 1.82) is 5.26 Å². The monoisotopic (exact) mass is 276 g/mol. The molecule has 0 radical (unpaired) electrons. The number of anilines is 2. The predicted octanol–water partition coefficient (Wildman–Crippen LogP) is -0.0397. The van der Waals surface area contributed by atoms with Gasteiger partial charge in [0, 0.05) is 19.1 Å². The summed E-state index contributed by atoms with van der Waals surface area (Å²) in [6.45, 7) is 1.48. The summed E-state index contributed by atoms with van der Waals surface area (Å²) in [5.41, 5.74) is 12.4. The van der Waals surface area contributed by atoms with E-state index in [-0.39, 0.29) is 12.1 Å². The van der Waals surface area contributed by atoms with Gasteiger partial charge in [0.15, 0.2) is 5.82 Å². The molecule has 3 atom stereocenters. The quantitative estimate of drug-likeness (QED) is 0.697. The summed E-state index contributed by atoms with van der Waals surface area (Å²) in [5, 5.41) is 23.9. The van der Waals surface area contributed by atoms with Gasteiger partial charge >= 0.3 is 0 Å². The number of aromatic nitrogens is 2. The molecule has 1 saturated carbocycles. The van der Waals surface area contributed by atoms with Crippen molar-refractivity contribution in [3.8, 4) is 6.07 Å². The van der Waals surface area contributed by atoms with Crippen molar-refractivity contribution in [2.24, 2.45) is 5.73 Å². The number of hydrogen-bond acceptors (Lipinski definition) is 6. The fraction of sp³-hybridized carbons (Fsp3) is 0.692. The van der Waals surface area contributed by atoms with E-state index < -0.39 is 6.10 Å². The van der Waals surface area contributed by atoms with E-state index in [1.165, 1.54) is 0 Å². The maximum absolute atomic E-state index is 10.0. The zero-order valence-electron chi connectivity index (χ0n) is 11.4. The molecule has 0 amide bonds. The number of nitriles is 1. The average Bonchev–Trinajstić information content (AvgIpc) is 3.09. The van der Waals surface area contributed by atoms with Crippen LogP contribution < -0.4 is 16.4 Å². The van der Waals surface area contributed by atoms with E-state index in [0.717, 1.165) is 32.2 Å². The SMILES string of the molecule is N#Cc1c(N2CCC(N)C2)nn(C2CCCC2O)c1N. The molecule has 2 aliphatic rings. The molecule has 0 aromatic carbocycles. The lowest BCUT2D eigenvalue weighted by Gasteiger charge is -2.17. The van der Waals surface area contributed by atoms with Crippen molar-refractivity contribution in [3.63, 3.8) is 0 Å². The van der Waals surface area contributed by atoms with Crippen molar-refractivity contribution in [1.82, 2.24) is 9.78 Å². The molecule has 0 bridgehead atoms. The van der Waals surface area contributed by atoms with Gasteiger partial charge in [-0.1, -0.05) is 0 Å². The van der Waals surface area contributed by atoms with Crippen LogP contribution >= 0.6 is 0 Å². The van der Waals surface area contributed by atoms with E-state index in [2.05, 4.69) is 11.2 Å². The van der Waals surface area contributed by atoms with Gasteiger partial charge in [0.25, 0.3) is 0 Å². The number of nitrogens with two attached hydrogens (primary N) is 2. The molecule has 1 aliphatic heterocycles. The zero-order chi connectivity index (χ0) is 14.3. The van der Waals surface area contributed by atoms with E-state index in [4.69, 9.17) is 11.5 Å². The number of hydrogen-bond donors (Lipinski definition) is 3. The summed E-state index contributed by atoms with van der Waals surface area (Å²) < 4.78 is 1.63. The Morgan fingerprint density at radius 1 is 1.35 bits per heavy atom. The third-order valence-electron chi connectivity index (χ3n) is 4.32. The Morgan fingerprint density at radius 3 is 2.70 bits per heavy atom. The van der Waals surface area contributed by atoms with Gasteiger partial charge < -0.3 is 21.5 Å². The van der Waals surface area contributed by atoms with Crippen LogP contribution in [0.2, 0.25) is 0 Å². The molecule has 20 heavy (non-hydrogen) atoms. The normalized spacial score (nSPS) is 29.9. The topological polar surface area (TPSA) is 117 Å². The second-order valence-corrected chi connectivity index (χ2v) is 5.70. The third-order valence-corrected chi connectivity index (χ3v) is 4.32. The first-order chi connectivity index (χ1) is 9.61. The molecule has 3 rings (SSSR count). The molecule has 3 unspecified atom stereocenters. The minimum atomic E-state index is -0.433. The zero-order valence-corrected chi connectivity index (χ0v) is 11.4. The Kier molecular flexibility index (Phi) is 3.28. The number of nitrogens with zero attached hydrogens (tertiary/aromatic N) is 4. The van der Waals surface area contributed by atoms with Crippen molar-refractivity contribution in [2.75, 3.05) is 23.7 Å². The number of nitrogen functional groups attached to an aromatic ring is 1. The molecular weight excluding hydrogens is 256 g/mol. The largest absolute Gasteiger partial charge is 0.391 e. The summed E-state index contributed by atoms with van der Waals surface area (Å²) in [5.74, 6) is 0.964. The van der Waals surface area contributed by atoms with Gasteiger partial charge in [0.2, 0.25) is 0 Å². The highest BCUT2D eigenvalue weighted by Crippen LogP contribution is 2.35. The minimum Gasteiger partial charge on any atom is -0.391 e. The molecule has 108 valence electrons. The Balaban J connectivity index is 1.97. The van der Waals surface area contributed by atoms with Crippen LogP contribution in [0.3, 0.4) is 0 Å². The van der Waals surface area contributed by atoms with Gasteiger partial charge in [0.1, 0.15) is 17.5 Å². The maximum Gasteiger partial charge on any atom is 0.170 e. The molecule has 2 heterocycles. The van der Waals surface area contributed by atoms with Crippen LogP contribution in [0, 0.1) is 11.3 Å². The highest BCUT2D eigenvalue weighted by molar-refractivity contribution is 5.65. The fourth-order valence-electron chi connectivity index (χ4n) is 3.20. The highest BCUT2D eigenvalue weighted by atomic mass is 16.3. The molecule has 7 heteroatoms. The predicted molar refractivity (Wildman–Crippen MR) is 75.1 cm³/mol. The Morgan fingerprint density at radius 2 is 2.15 bits per heavy atom. The Labute approximate surface area is 117 Å². The molecule has 7 nitrogen and oxygen atoms in total. The standard InChI is InChI=1S/C13H20N6O/c14-6-9-12(16)19(10-2-1-3-11(10)20)17-13(9)18-5-4-8(15)7-18/h8,10-11,20H,1-5,7,15-16H2. The van der Waals surface area contributed by atoms with E-state index >= 15 is 0 Å². The molecule has 1 aromatic heterocycles. The van der Waals surface area contributed by atoms with Gasteiger partial charge in [-0.2, -0.15) is 10.4 Å². The van der Waals surface area contributed by atoms with E-state index in [0.29, 0.717) is 23.7 Å². The molecule has 0 spiro atoms.